The van der Waals surface area contributed by atoms with Gasteiger partial charge in [-0.3, -0.25) is 0 Å². The number of benzene rings is 1. The first-order valence-corrected chi connectivity index (χ1v) is 7.22. The normalized spacial score (nSPS) is 16.0. The Morgan fingerprint density at radius 3 is 2.76 bits per heavy atom. The van der Waals surface area contributed by atoms with Gasteiger partial charge in [0.1, 0.15) is 12.4 Å². The van der Waals surface area contributed by atoms with E-state index >= 15 is 0 Å². The van der Waals surface area contributed by atoms with E-state index < -0.39 is 0 Å². The smallest absolute Gasteiger partial charge is 0.252 e. The van der Waals surface area contributed by atoms with Gasteiger partial charge in [-0.05, 0) is 38.1 Å². The molecular weight excluding hydrogens is 270 g/mol. The Morgan fingerprint density at radius 1 is 1.14 bits per heavy atom. The number of nitrogens with zero attached hydrogens (tertiary/aromatic N) is 2. The zero-order chi connectivity index (χ0) is 14.3. The summed E-state index contributed by atoms with van der Waals surface area (Å²) >= 11 is 0. The minimum atomic E-state index is 0.280. The predicted octanol–water partition coefficient (Wildman–Crippen LogP) is 1.92. The molecule has 6 heteroatoms. The third kappa shape index (κ3) is 4.27. The van der Waals surface area contributed by atoms with E-state index in [1.807, 2.05) is 30.3 Å². The molecule has 0 amide bonds. The zero-order valence-corrected chi connectivity index (χ0v) is 11.8. The standard InChI is InChI=1S/C15H19N3O3/c1-2-4-12(5-3-1)19-10-14-17-15(21-18-14)11-20-13-6-8-16-9-7-13/h1-5,13,16H,6-11H2. The molecule has 0 saturated carbocycles. The maximum atomic E-state index is 5.77. The Morgan fingerprint density at radius 2 is 1.95 bits per heavy atom. The van der Waals surface area contributed by atoms with Gasteiger partial charge in [0.25, 0.3) is 5.89 Å². The van der Waals surface area contributed by atoms with Crippen molar-refractivity contribution in [1.82, 2.24) is 15.5 Å². The molecule has 2 aromatic rings. The van der Waals surface area contributed by atoms with Crippen molar-refractivity contribution in [3.05, 3.63) is 42.0 Å². The molecule has 21 heavy (non-hydrogen) atoms. The van der Waals surface area contributed by atoms with Crippen molar-refractivity contribution in [2.75, 3.05) is 13.1 Å². The minimum Gasteiger partial charge on any atom is -0.485 e. The van der Waals surface area contributed by atoms with E-state index in [0.29, 0.717) is 24.9 Å². The number of para-hydroxylation sites is 1. The number of piperidine rings is 1. The number of ether oxygens (including phenoxy) is 2. The third-order valence-corrected chi connectivity index (χ3v) is 3.35. The monoisotopic (exact) mass is 289 g/mol. The second-order valence-corrected chi connectivity index (χ2v) is 4.97. The highest BCUT2D eigenvalue weighted by molar-refractivity contribution is 5.20. The number of rotatable bonds is 6. The quantitative estimate of drug-likeness (QED) is 0.876. The Balaban J connectivity index is 1.45. The lowest BCUT2D eigenvalue weighted by atomic mass is 10.1. The molecule has 0 spiro atoms. The van der Waals surface area contributed by atoms with Crippen LogP contribution in [-0.2, 0) is 18.0 Å². The van der Waals surface area contributed by atoms with Crippen LogP contribution in [0, 0.1) is 0 Å². The van der Waals surface area contributed by atoms with Gasteiger partial charge in [0.2, 0.25) is 5.82 Å². The molecule has 1 aliphatic heterocycles. The molecule has 0 atom stereocenters. The Bertz CT molecular complexity index is 538. The molecule has 0 unspecified atom stereocenters. The van der Waals surface area contributed by atoms with Gasteiger partial charge in [0.15, 0.2) is 6.61 Å². The highest BCUT2D eigenvalue weighted by Crippen LogP contribution is 2.12. The van der Waals surface area contributed by atoms with Crippen LogP contribution >= 0.6 is 0 Å². The lowest BCUT2D eigenvalue weighted by Crippen LogP contribution is -2.32. The van der Waals surface area contributed by atoms with Gasteiger partial charge in [-0.15, -0.1) is 0 Å². The largest absolute Gasteiger partial charge is 0.485 e. The SMILES string of the molecule is c1ccc(OCc2noc(COC3CCNCC3)n2)cc1. The molecule has 0 radical (unpaired) electrons. The summed E-state index contributed by atoms with van der Waals surface area (Å²) in [5, 5.41) is 7.19. The Hall–Kier alpha value is -1.92. The molecule has 2 heterocycles. The lowest BCUT2D eigenvalue weighted by molar-refractivity contribution is 0.00859. The average molecular weight is 289 g/mol. The van der Waals surface area contributed by atoms with Gasteiger partial charge in [-0.25, -0.2) is 0 Å². The number of hydrogen-bond acceptors (Lipinski definition) is 6. The summed E-state index contributed by atoms with van der Waals surface area (Å²) in [7, 11) is 0. The summed E-state index contributed by atoms with van der Waals surface area (Å²) in [5.74, 6) is 1.82. The minimum absolute atomic E-state index is 0.280. The lowest BCUT2D eigenvalue weighted by Gasteiger charge is -2.21. The molecule has 112 valence electrons. The van der Waals surface area contributed by atoms with E-state index in [1.54, 1.807) is 0 Å². The third-order valence-electron chi connectivity index (χ3n) is 3.35. The summed E-state index contributed by atoms with van der Waals surface area (Å²) in [6, 6.07) is 9.56. The van der Waals surface area contributed by atoms with Gasteiger partial charge in [-0.2, -0.15) is 4.98 Å². The molecule has 0 bridgehead atoms. The van der Waals surface area contributed by atoms with Gasteiger partial charge >= 0.3 is 0 Å². The fourth-order valence-electron chi connectivity index (χ4n) is 2.22. The van der Waals surface area contributed by atoms with Gasteiger partial charge in [0, 0.05) is 0 Å². The van der Waals surface area contributed by atoms with Gasteiger partial charge in [0.05, 0.1) is 6.10 Å². The second kappa shape index (κ2) is 7.19. The van der Waals surface area contributed by atoms with Crippen LogP contribution in [-0.4, -0.2) is 29.3 Å². The Kier molecular flexibility index (Phi) is 4.81. The zero-order valence-electron chi connectivity index (χ0n) is 11.8. The van der Waals surface area contributed by atoms with Crippen molar-refractivity contribution in [1.29, 1.82) is 0 Å². The average Bonchev–Trinajstić information content (AvgIpc) is 3.01. The fourth-order valence-corrected chi connectivity index (χ4v) is 2.22. The van der Waals surface area contributed by atoms with E-state index in [4.69, 9.17) is 14.0 Å². The second-order valence-electron chi connectivity index (χ2n) is 4.97. The summed E-state index contributed by atoms with van der Waals surface area (Å²) in [6.45, 7) is 2.67. The predicted molar refractivity (Wildman–Crippen MR) is 75.8 cm³/mol. The van der Waals surface area contributed by atoms with Crippen molar-refractivity contribution in [2.24, 2.45) is 0 Å². The number of nitrogens with one attached hydrogen (secondary N) is 1. The molecule has 1 aromatic heterocycles. The van der Waals surface area contributed by atoms with Crippen LogP contribution in [0.25, 0.3) is 0 Å². The van der Waals surface area contributed by atoms with Crippen LogP contribution in [0.5, 0.6) is 5.75 Å². The molecule has 1 aromatic carbocycles. The van der Waals surface area contributed by atoms with Crippen LogP contribution in [0.2, 0.25) is 0 Å². The van der Waals surface area contributed by atoms with Crippen LogP contribution < -0.4 is 10.1 Å². The number of hydrogen-bond donors (Lipinski definition) is 1. The molecule has 6 nitrogen and oxygen atoms in total. The van der Waals surface area contributed by atoms with E-state index in [0.717, 1.165) is 31.7 Å². The summed E-state index contributed by atoms with van der Waals surface area (Å²) in [5.41, 5.74) is 0. The van der Waals surface area contributed by atoms with E-state index in [2.05, 4.69) is 15.5 Å². The molecule has 1 fully saturated rings. The first-order valence-electron chi connectivity index (χ1n) is 7.22. The van der Waals surface area contributed by atoms with Crippen molar-refractivity contribution in [3.63, 3.8) is 0 Å². The van der Waals surface area contributed by atoms with Crippen molar-refractivity contribution < 1.29 is 14.0 Å². The molecular formula is C15H19N3O3. The van der Waals surface area contributed by atoms with Crippen LogP contribution in [0.4, 0.5) is 0 Å². The molecule has 1 aliphatic rings. The number of aromatic nitrogens is 2. The molecule has 1 N–H and O–H groups in total. The first kappa shape index (κ1) is 14.0. The van der Waals surface area contributed by atoms with Crippen molar-refractivity contribution >= 4 is 0 Å². The van der Waals surface area contributed by atoms with Crippen molar-refractivity contribution in [3.8, 4) is 5.75 Å². The van der Waals surface area contributed by atoms with Crippen LogP contribution in [0.15, 0.2) is 34.9 Å². The highest BCUT2D eigenvalue weighted by Gasteiger charge is 2.15. The topological polar surface area (TPSA) is 69.4 Å². The van der Waals surface area contributed by atoms with Gasteiger partial charge in [-0.1, -0.05) is 23.4 Å². The maximum Gasteiger partial charge on any atom is 0.252 e. The first-order chi connectivity index (χ1) is 10.4. The molecule has 0 aliphatic carbocycles. The maximum absolute atomic E-state index is 5.77. The van der Waals surface area contributed by atoms with E-state index in [-0.39, 0.29) is 6.10 Å². The van der Waals surface area contributed by atoms with Crippen molar-refractivity contribution in [2.45, 2.75) is 32.2 Å². The summed E-state index contributed by atoms with van der Waals surface area (Å²) in [4.78, 5) is 4.27. The summed E-state index contributed by atoms with van der Waals surface area (Å²) < 4.78 is 16.5. The highest BCUT2D eigenvalue weighted by atomic mass is 16.5. The fraction of sp³-hybridized carbons (Fsp3) is 0.467. The van der Waals surface area contributed by atoms with Crippen LogP contribution in [0.1, 0.15) is 24.6 Å². The molecule has 1 saturated heterocycles. The Labute approximate surface area is 123 Å². The van der Waals surface area contributed by atoms with E-state index in [9.17, 15) is 0 Å². The van der Waals surface area contributed by atoms with Crippen LogP contribution in [0.3, 0.4) is 0 Å². The van der Waals surface area contributed by atoms with Gasteiger partial charge < -0.3 is 19.3 Å². The summed E-state index contributed by atoms with van der Waals surface area (Å²) in [6.07, 6.45) is 2.33. The van der Waals surface area contributed by atoms with E-state index in [1.165, 1.54) is 0 Å². The molecule has 3 rings (SSSR count).